The van der Waals surface area contributed by atoms with Gasteiger partial charge in [-0.1, -0.05) is 23.8 Å². The Morgan fingerprint density at radius 1 is 1.47 bits per heavy atom. The molecule has 92 valence electrons. The zero-order valence-electron chi connectivity index (χ0n) is 10.00. The molecule has 1 rings (SSSR count). The number of hydrogen-bond donors (Lipinski definition) is 1. The van der Waals surface area contributed by atoms with E-state index in [4.69, 9.17) is 16.3 Å². The van der Waals surface area contributed by atoms with Crippen molar-refractivity contribution in [2.75, 3.05) is 13.7 Å². The molecular formula is C13H16ClNO2. The summed E-state index contributed by atoms with van der Waals surface area (Å²) in [6.45, 7) is 2.15. The van der Waals surface area contributed by atoms with E-state index in [1.165, 1.54) is 6.92 Å². The van der Waals surface area contributed by atoms with Gasteiger partial charge in [-0.25, -0.2) is 0 Å². The topological polar surface area (TPSA) is 38.3 Å². The van der Waals surface area contributed by atoms with E-state index in [-0.39, 0.29) is 5.91 Å². The van der Waals surface area contributed by atoms with Gasteiger partial charge in [-0.3, -0.25) is 4.79 Å². The second kappa shape index (κ2) is 6.97. The van der Waals surface area contributed by atoms with Crippen LogP contribution in [0.1, 0.15) is 18.9 Å². The predicted octanol–water partition coefficient (Wildman–Crippen LogP) is 2.89. The predicted molar refractivity (Wildman–Crippen MR) is 70.3 cm³/mol. The van der Waals surface area contributed by atoms with Crippen molar-refractivity contribution in [1.29, 1.82) is 0 Å². The number of carbonyl (C=O) groups is 1. The van der Waals surface area contributed by atoms with Crippen LogP contribution in [0, 0.1) is 0 Å². The molecule has 0 saturated carbocycles. The van der Waals surface area contributed by atoms with Crippen molar-refractivity contribution in [2.24, 2.45) is 0 Å². The van der Waals surface area contributed by atoms with Crippen LogP contribution in [0.4, 0.5) is 0 Å². The van der Waals surface area contributed by atoms with Crippen LogP contribution < -0.4 is 10.1 Å². The van der Waals surface area contributed by atoms with Gasteiger partial charge in [0.1, 0.15) is 5.75 Å². The van der Waals surface area contributed by atoms with Crippen LogP contribution in [0.25, 0.3) is 6.08 Å². The Morgan fingerprint density at radius 3 is 2.88 bits per heavy atom. The van der Waals surface area contributed by atoms with Gasteiger partial charge in [-0.05, 0) is 30.2 Å². The summed E-state index contributed by atoms with van der Waals surface area (Å²) < 4.78 is 5.12. The Hall–Kier alpha value is -1.48. The maximum absolute atomic E-state index is 10.6. The van der Waals surface area contributed by atoms with Gasteiger partial charge in [-0.2, -0.15) is 0 Å². The molecule has 17 heavy (non-hydrogen) atoms. The Morgan fingerprint density at radius 2 is 2.24 bits per heavy atom. The lowest BCUT2D eigenvalue weighted by Crippen LogP contribution is -2.20. The van der Waals surface area contributed by atoms with E-state index in [0.29, 0.717) is 11.6 Å². The first-order valence-corrected chi connectivity index (χ1v) is 5.75. The molecular weight excluding hydrogens is 238 g/mol. The SMILES string of the molecule is COc1cc(Cl)cc(C=CCCNC(C)=O)c1. The van der Waals surface area contributed by atoms with Gasteiger partial charge in [0.15, 0.2) is 0 Å². The highest BCUT2D eigenvalue weighted by molar-refractivity contribution is 6.30. The lowest BCUT2D eigenvalue weighted by Gasteiger charge is -2.02. The van der Waals surface area contributed by atoms with E-state index in [1.807, 2.05) is 24.3 Å². The molecule has 1 N–H and O–H groups in total. The number of halogens is 1. The van der Waals surface area contributed by atoms with E-state index in [9.17, 15) is 4.79 Å². The summed E-state index contributed by atoms with van der Waals surface area (Å²) in [6.07, 6.45) is 4.73. The van der Waals surface area contributed by atoms with Crippen molar-refractivity contribution in [3.8, 4) is 5.75 Å². The molecule has 4 heteroatoms. The molecule has 1 aromatic carbocycles. The summed E-state index contributed by atoms with van der Waals surface area (Å²) >= 11 is 5.94. The second-order valence-electron chi connectivity index (χ2n) is 3.60. The average molecular weight is 254 g/mol. The van der Waals surface area contributed by atoms with Crippen molar-refractivity contribution in [1.82, 2.24) is 5.32 Å². The number of benzene rings is 1. The molecule has 0 fully saturated rings. The normalized spacial score (nSPS) is 10.5. The fourth-order valence-electron chi connectivity index (χ4n) is 1.35. The summed E-state index contributed by atoms with van der Waals surface area (Å²) in [7, 11) is 1.61. The minimum Gasteiger partial charge on any atom is -0.497 e. The van der Waals surface area contributed by atoms with Crippen LogP contribution in [0.3, 0.4) is 0 Å². The largest absolute Gasteiger partial charge is 0.497 e. The lowest BCUT2D eigenvalue weighted by atomic mass is 10.2. The molecule has 0 atom stereocenters. The Balaban J connectivity index is 2.52. The molecule has 0 aliphatic heterocycles. The third kappa shape index (κ3) is 5.41. The number of methoxy groups -OCH3 is 1. The molecule has 0 bridgehead atoms. The number of amides is 1. The van der Waals surface area contributed by atoms with E-state index < -0.39 is 0 Å². The number of ether oxygens (including phenoxy) is 1. The van der Waals surface area contributed by atoms with Gasteiger partial charge in [0.25, 0.3) is 0 Å². The Labute approximate surface area is 106 Å². The third-order valence-corrected chi connectivity index (χ3v) is 2.34. The van der Waals surface area contributed by atoms with Gasteiger partial charge < -0.3 is 10.1 Å². The molecule has 0 saturated heterocycles. The average Bonchev–Trinajstić information content (AvgIpc) is 2.27. The monoisotopic (exact) mass is 253 g/mol. The van der Waals surface area contributed by atoms with E-state index in [0.717, 1.165) is 17.7 Å². The highest BCUT2D eigenvalue weighted by atomic mass is 35.5. The van der Waals surface area contributed by atoms with Crippen LogP contribution in [0.15, 0.2) is 24.3 Å². The summed E-state index contributed by atoms with van der Waals surface area (Å²) in [6, 6.07) is 5.52. The fourth-order valence-corrected chi connectivity index (χ4v) is 1.58. The molecule has 0 aliphatic carbocycles. The van der Waals surface area contributed by atoms with Gasteiger partial charge in [0, 0.05) is 18.5 Å². The molecule has 0 radical (unpaired) electrons. The van der Waals surface area contributed by atoms with Crippen LogP contribution in [-0.2, 0) is 4.79 Å². The molecule has 0 aliphatic rings. The molecule has 0 unspecified atom stereocenters. The molecule has 3 nitrogen and oxygen atoms in total. The first kappa shape index (κ1) is 13.6. The number of hydrogen-bond acceptors (Lipinski definition) is 2. The lowest BCUT2D eigenvalue weighted by molar-refractivity contribution is -0.118. The van der Waals surface area contributed by atoms with Gasteiger partial charge in [0.05, 0.1) is 7.11 Å². The Bertz CT molecular complexity index is 416. The molecule has 0 heterocycles. The van der Waals surface area contributed by atoms with Gasteiger partial charge >= 0.3 is 0 Å². The molecule has 1 amide bonds. The van der Waals surface area contributed by atoms with Crippen molar-refractivity contribution in [3.63, 3.8) is 0 Å². The Kier molecular flexibility index (Phi) is 5.57. The standard InChI is InChI=1S/C13H16ClNO2/c1-10(16)15-6-4-3-5-11-7-12(14)9-13(8-11)17-2/h3,5,7-9H,4,6H2,1-2H3,(H,15,16). The highest BCUT2D eigenvalue weighted by Gasteiger charge is 1.96. The first-order valence-electron chi connectivity index (χ1n) is 5.37. The minimum absolute atomic E-state index is 0.0113. The van der Waals surface area contributed by atoms with E-state index >= 15 is 0 Å². The zero-order valence-corrected chi connectivity index (χ0v) is 10.8. The van der Waals surface area contributed by atoms with Crippen LogP contribution in [0.2, 0.25) is 5.02 Å². The van der Waals surface area contributed by atoms with Crippen LogP contribution in [0.5, 0.6) is 5.75 Å². The fraction of sp³-hybridized carbons (Fsp3) is 0.308. The number of rotatable bonds is 5. The number of carbonyl (C=O) groups excluding carboxylic acids is 1. The number of nitrogens with one attached hydrogen (secondary N) is 1. The first-order chi connectivity index (χ1) is 8.11. The summed E-state index contributed by atoms with van der Waals surface area (Å²) in [5, 5.41) is 3.37. The van der Waals surface area contributed by atoms with E-state index in [1.54, 1.807) is 13.2 Å². The summed E-state index contributed by atoms with van der Waals surface area (Å²) in [5.74, 6) is 0.724. The zero-order chi connectivity index (χ0) is 12.7. The van der Waals surface area contributed by atoms with Crippen molar-refractivity contribution in [2.45, 2.75) is 13.3 Å². The van der Waals surface area contributed by atoms with Crippen molar-refractivity contribution in [3.05, 3.63) is 34.9 Å². The maximum atomic E-state index is 10.6. The minimum atomic E-state index is -0.0113. The van der Waals surface area contributed by atoms with Crippen molar-refractivity contribution < 1.29 is 9.53 Å². The summed E-state index contributed by atoms with van der Waals surface area (Å²) in [5.41, 5.74) is 0.983. The van der Waals surface area contributed by atoms with E-state index in [2.05, 4.69) is 5.32 Å². The summed E-state index contributed by atoms with van der Waals surface area (Å²) in [4.78, 5) is 10.6. The third-order valence-electron chi connectivity index (χ3n) is 2.12. The van der Waals surface area contributed by atoms with Gasteiger partial charge in [-0.15, -0.1) is 0 Å². The molecule has 0 aromatic heterocycles. The van der Waals surface area contributed by atoms with Crippen LogP contribution >= 0.6 is 11.6 Å². The highest BCUT2D eigenvalue weighted by Crippen LogP contribution is 2.21. The molecule has 1 aromatic rings. The van der Waals surface area contributed by atoms with Crippen LogP contribution in [-0.4, -0.2) is 19.6 Å². The maximum Gasteiger partial charge on any atom is 0.216 e. The second-order valence-corrected chi connectivity index (χ2v) is 4.03. The van der Waals surface area contributed by atoms with Crippen molar-refractivity contribution >= 4 is 23.6 Å². The van der Waals surface area contributed by atoms with Gasteiger partial charge in [0.2, 0.25) is 5.91 Å². The quantitative estimate of drug-likeness (QED) is 0.820. The smallest absolute Gasteiger partial charge is 0.216 e. The molecule has 0 spiro atoms.